The van der Waals surface area contributed by atoms with Crippen molar-refractivity contribution in [3.05, 3.63) is 35.4 Å². The Morgan fingerprint density at radius 3 is 2.27 bits per heavy atom. The van der Waals surface area contributed by atoms with Crippen LogP contribution in [0.4, 0.5) is 0 Å². The van der Waals surface area contributed by atoms with Crippen molar-refractivity contribution in [2.45, 2.75) is 26.2 Å². The van der Waals surface area contributed by atoms with Crippen molar-refractivity contribution < 1.29 is 0 Å². The zero-order chi connectivity index (χ0) is 10.9. The number of aliphatic imine (C=N–C) groups is 1. The molecule has 0 fully saturated rings. The molecular weight excluding hydrogens is 186 g/mol. The third-order valence-corrected chi connectivity index (χ3v) is 2.55. The Morgan fingerprint density at radius 1 is 1.13 bits per heavy atom. The summed E-state index contributed by atoms with van der Waals surface area (Å²) in [7, 11) is 0. The number of hydrogen-bond acceptors (Lipinski definition) is 3. The zero-order valence-corrected chi connectivity index (χ0v) is 9.46. The first kappa shape index (κ1) is 10.2. The third kappa shape index (κ3) is 2.18. The fourth-order valence-corrected chi connectivity index (χ4v) is 1.57. The van der Waals surface area contributed by atoms with Crippen molar-refractivity contribution in [2.75, 3.05) is 6.67 Å². The van der Waals surface area contributed by atoms with Crippen LogP contribution in [0.25, 0.3) is 0 Å². The molecule has 2 rings (SSSR count). The molecule has 3 nitrogen and oxygen atoms in total. The van der Waals surface area contributed by atoms with Gasteiger partial charge in [-0.05, 0) is 11.0 Å². The van der Waals surface area contributed by atoms with Gasteiger partial charge >= 0.3 is 0 Å². The van der Waals surface area contributed by atoms with Gasteiger partial charge in [0.15, 0.2) is 0 Å². The quantitative estimate of drug-likeness (QED) is 0.730. The lowest BCUT2D eigenvalue weighted by molar-refractivity contribution is 0.590. The smallest absolute Gasteiger partial charge is 0.144 e. The van der Waals surface area contributed by atoms with Crippen LogP contribution in [0.1, 0.15) is 31.9 Å². The molecule has 0 saturated heterocycles. The van der Waals surface area contributed by atoms with Gasteiger partial charge in [0, 0.05) is 5.56 Å². The summed E-state index contributed by atoms with van der Waals surface area (Å²) in [5.74, 6) is 0.926. The molecule has 0 spiro atoms. The average Bonchev–Trinajstić information content (AvgIpc) is 2.69. The van der Waals surface area contributed by atoms with Crippen molar-refractivity contribution in [2.24, 2.45) is 4.99 Å². The fourth-order valence-electron chi connectivity index (χ4n) is 1.57. The van der Waals surface area contributed by atoms with E-state index in [1.54, 1.807) is 0 Å². The predicted molar refractivity (Wildman–Crippen MR) is 62.8 cm³/mol. The summed E-state index contributed by atoms with van der Waals surface area (Å²) in [4.78, 5) is 4.29. The molecule has 1 aliphatic rings. The molecule has 0 atom stereocenters. The van der Waals surface area contributed by atoms with Gasteiger partial charge in [0.25, 0.3) is 0 Å². The lowest BCUT2D eigenvalue weighted by atomic mass is 9.86. The molecule has 0 saturated carbocycles. The highest BCUT2D eigenvalue weighted by Crippen LogP contribution is 2.22. The number of hydrazine groups is 1. The number of benzene rings is 1. The Morgan fingerprint density at radius 2 is 1.80 bits per heavy atom. The minimum absolute atomic E-state index is 0.210. The van der Waals surface area contributed by atoms with E-state index in [4.69, 9.17) is 0 Å². The Kier molecular flexibility index (Phi) is 2.49. The number of amidine groups is 1. The molecule has 15 heavy (non-hydrogen) atoms. The Bertz CT molecular complexity index is 371. The van der Waals surface area contributed by atoms with E-state index in [2.05, 4.69) is 60.9 Å². The van der Waals surface area contributed by atoms with E-state index >= 15 is 0 Å². The minimum Gasteiger partial charge on any atom is -0.304 e. The molecule has 0 aromatic heterocycles. The molecule has 1 aromatic rings. The van der Waals surface area contributed by atoms with E-state index in [0.717, 1.165) is 11.4 Å². The largest absolute Gasteiger partial charge is 0.304 e. The first-order valence-corrected chi connectivity index (χ1v) is 5.21. The van der Waals surface area contributed by atoms with Gasteiger partial charge in [-0.25, -0.2) is 10.4 Å². The SMILES string of the molecule is CC(C)(C)c1ccc(C2=NCNN2)cc1. The summed E-state index contributed by atoms with van der Waals surface area (Å²) < 4.78 is 0. The van der Waals surface area contributed by atoms with Crippen LogP contribution in [0, 0.1) is 0 Å². The normalized spacial score (nSPS) is 16.1. The first-order valence-electron chi connectivity index (χ1n) is 5.21. The number of nitrogens with one attached hydrogen (secondary N) is 2. The van der Waals surface area contributed by atoms with Crippen molar-refractivity contribution >= 4 is 5.84 Å². The van der Waals surface area contributed by atoms with Crippen molar-refractivity contribution in [1.29, 1.82) is 0 Å². The highest BCUT2D eigenvalue weighted by molar-refractivity contribution is 5.99. The number of nitrogens with zero attached hydrogens (tertiary/aromatic N) is 1. The fraction of sp³-hybridized carbons (Fsp3) is 0.417. The van der Waals surface area contributed by atoms with Crippen LogP contribution in [0.15, 0.2) is 29.3 Å². The lowest BCUT2D eigenvalue weighted by Gasteiger charge is -2.19. The van der Waals surface area contributed by atoms with Crippen LogP contribution in [-0.4, -0.2) is 12.5 Å². The highest BCUT2D eigenvalue weighted by atomic mass is 15.5. The molecule has 1 heterocycles. The molecule has 0 radical (unpaired) electrons. The highest BCUT2D eigenvalue weighted by Gasteiger charge is 2.14. The zero-order valence-electron chi connectivity index (χ0n) is 9.46. The van der Waals surface area contributed by atoms with Gasteiger partial charge in [0.1, 0.15) is 12.5 Å². The topological polar surface area (TPSA) is 36.4 Å². The summed E-state index contributed by atoms with van der Waals surface area (Å²) in [5.41, 5.74) is 8.68. The van der Waals surface area contributed by atoms with E-state index < -0.39 is 0 Å². The molecule has 1 aliphatic heterocycles. The summed E-state index contributed by atoms with van der Waals surface area (Å²) in [6.45, 7) is 7.30. The molecule has 3 heteroatoms. The number of hydrogen-bond donors (Lipinski definition) is 2. The summed E-state index contributed by atoms with van der Waals surface area (Å²) >= 11 is 0. The maximum Gasteiger partial charge on any atom is 0.144 e. The van der Waals surface area contributed by atoms with Crippen molar-refractivity contribution in [3.63, 3.8) is 0 Å². The Balaban J connectivity index is 2.24. The Labute approximate surface area is 90.6 Å². The van der Waals surface area contributed by atoms with E-state index in [-0.39, 0.29) is 5.41 Å². The van der Waals surface area contributed by atoms with E-state index in [1.165, 1.54) is 5.56 Å². The molecule has 0 amide bonds. The molecule has 80 valence electrons. The van der Waals surface area contributed by atoms with Gasteiger partial charge in [0.2, 0.25) is 0 Å². The summed E-state index contributed by atoms with van der Waals surface area (Å²) in [5, 5.41) is 0. The minimum atomic E-state index is 0.210. The summed E-state index contributed by atoms with van der Waals surface area (Å²) in [6.07, 6.45) is 0. The van der Waals surface area contributed by atoms with E-state index in [1.807, 2.05) is 0 Å². The second kappa shape index (κ2) is 3.66. The van der Waals surface area contributed by atoms with Gasteiger partial charge in [-0.3, -0.25) is 0 Å². The average molecular weight is 203 g/mol. The second-order valence-corrected chi connectivity index (χ2v) is 4.79. The molecule has 2 N–H and O–H groups in total. The molecule has 0 unspecified atom stereocenters. The van der Waals surface area contributed by atoms with Crippen LogP contribution in [0.3, 0.4) is 0 Å². The predicted octanol–water partition coefficient (Wildman–Crippen LogP) is 1.80. The van der Waals surface area contributed by atoms with Gasteiger partial charge in [-0.2, -0.15) is 0 Å². The van der Waals surface area contributed by atoms with Crippen molar-refractivity contribution in [1.82, 2.24) is 10.9 Å². The molecule has 1 aromatic carbocycles. The monoisotopic (exact) mass is 203 g/mol. The Hall–Kier alpha value is -1.35. The van der Waals surface area contributed by atoms with Crippen LogP contribution >= 0.6 is 0 Å². The second-order valence-electron chi connectivity index (χ2n) is 4.79. The molecular formula is C12H17N3. The van der Waals surface area contributed by atoms with Crippen LogP contribution in [0.2, 0.25) is 0 Å². The first-order chi connectivity index (χ1) is 7.07. The van der Waals surface area contributed by atoms with Crippen LogP contribution in [0.5, 0.6) is 0 Å². The molecule has 0 bridgehead atoms. The maximum atomic E-state index is 4.29. The maximum absolute atomic E-state index is 4.29. The lowest BCUT2D eigenvalue weighted by Crippen LogP contribution is -2.30. The van der Waals surface area contributed by atoms with Gasteiger partial charge in [0.05, 0.1) is 0 Å². The van der Waals surface area contributed by atoms with Crippen molar-refractivity contribution in [3.8, 4) is 0 Å². The van der Waals surface area contributed by atoms with Gasteiger partial charge in [-0.15, -0.1) is 0 Å². The van der Waals surface area contributed by atoms with Gasteiger partial charge in [-0.1, -0.05) is 45.0 Å². The third-order valence-electron chi connectivity index (χ3n) is 2.55. The van der Waals surface area contributed by atoms with Gasteiger partial charge < -0.3 is 5.43 Å². The summed E-state index contributed by atoms with van der Waals surface area (Å²) in [6, 6.07) is 8.55. The van der Waals surface area contributed by atoms with Crippen LogP contribution < -0.4 is 10.9 Å². The van der Waals surface area contributed by atoms with Crippen LogP contribution in [-0.2, 0) is 5.41 Å². The molecule has 0 aliphatic carbocycles. The van der Waals surface area contributed by atoms with E-state index in [0.29, 0.717) is 6.67 Å². The number of rotatable bonds is 1. The van der Waals surface area contributed by atoms with E-state index in [9.17, 15) is 0 Å². The standard InChI is InChI=1S/C12H17N3/c1-12(2,3)10-6-4-9(5-7-10)11-13-8-14-15-11/h4-7,14H,8H2,1-3H3,(H,13,15).